The number of hydrogen-bond donors (Lipinski definition) is 0. The van der Waals surface area contributed by atoms with Gasteiger partial charge < -0.3 is 9.47 Å². The minimum Gasteiger partial charge on any atom is -0.309 e. The van der Waals surface area contributed by atoms with Crippen molar-refractivity contribution >= 4 is 60.5 Å². The molecule has 9 rings (SSSR count). The van der Waals surface area contributed by atoms with E-state index in [4.69, 9.17) is 0 Å². The molecule has 41 heavy (non-hydrogen) atoms. The molecule has 1 aliphatic rings. The van der Waals surface area contributed by atoms with Crippen LogP contribution in [-0.4, -0.2) is 9.13 Å². The molecule has 0 N–H and O–H groups in total. The van der Waals surface area contributed by atoms with Gasteiger partial charge in [-0.25, -0.2) is 0 Å². The number of aromatic nitrogens is 2. The lowest BCUT2D eigenvalue weighted by Gasteiger charge is -2.34. The molecule has 0 bridgehead atoms. The molecule has 0 saturated carbocycles. The van der Waals surface area contributed by atoms with Crippen molar-refractivity contribution in [2.24, 2.45) is 0 Å². The number of pyridine rings is 1. The van der Waals surface area contributed by atoms with E-state index >= 15 is 0 Å². The monoisotopic (exact) mass is 525 g/mol. The highest BCUT2D eigenvalue weighted by Crippen LogP contribution is 2.48. The summed E-state index contributed by atoms with van der Waals surface area (Å²) in [6.07, 6.45) is 0. The van der Waals surface area contributed by atoms with Crippen LogP contribution in [0, 0.1) is 0 Å². The maximum atomic E-state index is 14.2. The van der Waals surface area contributed by atoms with Crippen molar-refractivity contribution in [3.8, 4) is 11.4 Å². The highest BCUT2D eigenvalue weighted by Gasteiger charge is 2.29. The molecule has 192 valence electrons. The van der Waals surface area contributed by atoms with E-state index in [-0.39, 0.29) is 5.56 Å². The summed E-state index contributed by atoms with van der Waals surface area (Å²) in [5, 5.41) is 5.16. The zero-order valence-corrected chi connectivity index (χ0v) is 22.0. The molecule has 1 aliphatic heterocycles. The Labute approximate surface area is 235 Å². The van der Waals surface area contributed by atoms with Gasteiger partial charge in [0.2, 0.25) is 0 Å². The number of hydrogen-bond acceptors (Lipinski definition) is 2. The summed E-state index contributed by atoms with van der Waals surface area (Å²) in [5.41, 5.74) is 8.17. The van der Waals surface area contributed by atoms with Crippen LogP contribution in [-0.2, 0) is 0 Å². The molecule has 3 heterocycles. The molecule has 0 atom stereocenters. The van der Waals surface area contributed by atoms with E-state index in [1.165, 1.54) is 10.8 Å². The Morgan fingerprint density at radius 1 is 0.390 bits per heavy atom. The quantitative estimate of drug-likeness (QED) is 0.211. The number of rotatable bonds is 2. The van der Waals surface area contributed by atoms with Crippen LogP contribution in [0.15, 0.2) is 144 Å². The maximum absolute atomic E-state index is 14.2. The van der Waals surface area contributed by atoms with Crippen LogP contribution in [0.5, 0.6) is 0 Å². The Morgan fingerprint density at radius 3 is 1.66 bits per heavy atom. The summed E-state index contributed by atoms with van der Waals surface area (Å²) in [5.74, 6) is 0. The molecule has 0 fully saturated rings. The predicted molar refractivity (Wildman–Crippen MR) is 170 cm³/mol. The second-order valence-electron chi connectivity index (χ2n) is 10.6. The van der Waals surface area contributed by atoms with Crippen molar-refractivity contribution in [2.45, 2.75) is 0 Å². The lowest BCUT2D eigenvalue weighted by atomic mass is 10.00. The van der Waals surface area contributed by atoms with Crippen molar-refractivity contribution in [3.63, 3.8) is 0 Å². The fourth-order valence-electron chi connectivity index (χ4n) is 6.73. The molecule has 4 heteroatoms. The third-order valence-corrected chi connectivity index (χ3v) is 8.41. The second kappa shape index (κ2) is 8.20. The molecule has 2 aromatic heterocycles. The topological polar surface area (TPSA) is 30.2 Å². The third kappa shape index (κ3) is 2.96. The molecule has 8 aromatic rings. The summed E-state index contributed by atoms with van der Waals surface area (Å²) >= 11 is 0. The third-order valence-electron chi connectivity index (χ3n) is 8.41. The van der Waals surface area contributed by atoms with E-state index < -0.39 is 0 Å². The summed E-state index contributed by atoms with van der Waals surface area (Å²) in [4.78, 5) is 16.5. The van der Waals surface area contributed by atoms with Gasteiger partial charge in [0.15, 0.2) is 0 Å². The minimum absolute atomic E-state index is 0.000810. The van der Waals surface area contributed by atoms with E-state index in [0.717, 1.165) is 55.8 Å². The SMILES string of the molecule is O=c1c2ccccc2c2cc(-n3c4ccccc4c4ccccc43)cc3c2n1-c1ccccc1N3c1ccccc1. The van der Waals surface area contributed by atoms with Crippen molar-refractivity contribution in [2.75, 3.05) is 4.90 Å². The number of para-hydroxylation sites is 5. The van der Waals surface area contributed by atoms with Crippen LogP contribution < -0.4 is 10.5 Å². The van der Waals surface area contributed by atoms with Crippen molar-refractivity contribution in [1.29, 1.82) is 0 Å². The molecule has 0 unspecified atom stereocenters. The smallest absolute Gasteiger partial charge is 0.263 e. The van der Waals surface area contributed by atoms with Crippen LogP contribution in [0.2, 0.25) is 0 Å². The van der Waals surface area contributed by atoms with E-state index in [1.54, 1.807) is 0 Å². The van der Waals surface area contributed by atoms with Gasteiger partial charge in [0.25, 0.3) is 5.56 Å². The van der Waals surface area contributed by atoms with Crippen molar-refractivity contribution in [3.05, 3.63) is 150 Å². The molecule has 0 radical (unpaired) electrons. The van der Waals surface area contributed by atoms with Gasteiger partial charge in [-0.1, -0.05) is 84.9 Å². The highest BCUT2D eigenvalue weighted by molar-refractivity contribution is 6.15. The number of fused-ring (bicyclic) bond motifs is 7. The Bertz CT molecular complexity index is 2350. The van der Waals surface area contributed by atoms with Gasteiger partial charge in [-0.15, -0.1) is 0 Å². The number of anilines is 3. The highest BCUT2D eigenvalue weighted by atomic mass is 16.1. The fourth-order valence-corrected chi connectivity index (χ4v) is 6.73. The summed E-state index contributed by atoms with van der Waals surface area (Å²) in [6, 6.07) is 48.3. The second-order valence-corrected chi connectivity index (χ2v) is 10.6. The lowest BCUT2D eigenvalue weighted by Crippen LogP contribution is -2.27. The van der Waals surface area contributed by atoms with Gasteiger partial charge in [-0.2, -0.15) is 0 Å². The Hall–Kier alpha value is -5.61. The summed E-state index contributed by atoms with van der Waals surface area (Å²) in [6.45, 7) is 0. The molecule has 6 aromatic carbocycles. The molecule has 0 saturated heterocycles. The average molecular weight is 526 g/mol. The van der Waals surface area contributed by atoms with Gasteiger partial charge in [0.05, 0.1) is 33.6 Å². The average Bonchev–Trinajstić information content (AvgIpc) is 3.37. The summed E-state index contributed by atoms with van der Waals surface area (Å²) < 4.78 is 4.27. The first kappa shape index (κ1) is 22.2. The predicted octanol–water partition coefficient (Wildman–Crippen LogP) is 9.02. The standard InChI is InChI=1S/C37H23N3O/c41-37-29-17-5-4-14-26(29)30-22-25(39-31-18-8-6-15-27(31)28-16-7-9-19-32(28)39)23-35-36(30)40(37)34-21-11-10-20-33(34)38(35)24-12-2-1-3-13-24/h1-23H. The molecule has 0 aliphatic carbocycles. The fraction of sp³-hybridized carbons (Fsp3) is 0. The molecular formula is C37H23N3O. The molecule has 0 spiro atoms. The first-order chi connectivity index (χ1) is 20.3. The number of benzene rings is 6. The number of nitrogens with zero attached hydrogens (tertiary/aromatic N) is 3. The van der Waals surface area contributed by atoms with E-state index in [1.807, 2.05) is 47.0 Å². The van der Waals surface area contributed by atoms with Crippen LogP contribution in [0.1, 0.15) is 0 Å². The Morgan fingerprint density at radius 2 is 0.951 bits per heavy atom. The van der Waals surface area contributed by atoms with E-state index in [2.05, 4.69) is 107 Å². The van der Waals surface area contributed by atoms with E-state index in [0.29, 0.717) is 5.39 Å². The van der Waals surface area contributed by atoms with Crippen molar-refractivity contribution in [1.82, 2.24) is 9.13 Å². The largest absolute Gasteiger partial charge is 0.309 e. The maximum Gasteiger partial charge on any atom is 0.263 e. The van der Waals surface area contributed by atoms with Gasteiger partial charge in [-0.3, -0.25) is 9.36 Å². The van der Waals surface area contributed by atoms with Gasteiger partial charge in [0.1, 0.15) is 0 Å². The zero-order valence-electron chi connectivity index (χ0n) is 22.0. The van der Waals surface area contributed by atoms with Crippen LogP contribution in [0.4, 0.5) is 17.1 Å². The van der Waals surface area contributed by atoms with Crippen LogP contribution in [0.25, 0.3) is 54.9 Å². The van der Waals surface area contributed by atoms with E-state index in [9.17, 15) is 4.79 Å². The molecular weight excluding hydrogens is 502 g/mol. The molecule has 0 amide bonds. The Kier molecular flexibility index (Phi) is 4.44. The minimum atomic E-state index is -0.000810. The van der Waals surface area contributed by atoms with Gasteiger partial charge in [-0.05, 0) is 60.0 Å². The first-order valence-electron chi connectivity index (χ1n) is 13.8. The Balaban J connectivity index is 1.52. The summed E-state index contributed by atoms with van der Waals surface area (Å²) in [7, 11) is 0. The lowest BCUT2D eigenvalue weighted by molar-refractivity contribution is 1.02. The zero-order chi connectivity index (χ0) is 27.1. The van der Waals surface area contributed by atoms with Crippen molar-refractivity contribution < 1.29 is 0 Å². The first-order valence-corrected chi connectivity index (χ1v) is 13.8. The van der Waals surface area contributed by atoms with Crippen LogP contribution >= 0.6 is 0 Å². The van der Waals surface area contributed by atoms with Crippen LogP contribution in [0.3, 0.4) is 0 Å². The molecule has 4 nitrogen and oxygen atoms in total. The van der Waals surface area contributed by atoms with Gasteiger partial charge in [0, 0.05) is 32.9 Å². The van der Waals surface area contributed by atoms with Gasteiger partial charge >= 0.3 is 0 Å². The normalized spacial score (nSPS) is 12.4.